The minimum Gasteiger partial charge on any atom is -0.338 e. The van der Waals surface area contributed by atoms with Crippen molar-refractivity contribution in [3.05, 3.63) is 46.8 Å². The van der Waals surface area contributed by atoms with Gasteiger partial charge in [-0.05, 0) is 24.3 Å². The van der Waals surface area contributed by atoms with Crippen LogP contribution in [-0.4, -0.2) is 44.0 Å². The fourth-order valence-corrected chi connectivity index (χ4v) is 3.50. The lowest BCUT2D eigenvalue weighted by atomic mass is 9.96. The molecule has 4 heterocycles. The first-order chi connectivity index (χ1) is 11.8. The topological polar surface area (TPSA) is 85.0 Å². The van der Waals surface area contributed by atoms with Crippen LogP contribution in [-0.2, 0) is 0 Å². The van der Waals surface area contributed by atoms with Gasteiger partial charge in [-0.25, -0.2) is 4.98 Å². The van der Waals surface area contributed by atoms with Crippen molar-refractivity contribution in [2.45, 2.75) is 18.8 Å². The third kappa shape index (κ3) is 2.92. The van der Waals surface area contributed by atoms with Gasteiger partial charge >= 0.3 is 0 Å². The molecule has 0 unspecified atom stereocenters. The fraction of sp³-hybridized carbons (Fsp3) is 0.312. The Morgan fingerprint density at radius 1 is 1.29 bits per heavy atom. The smallest absolute Gasteiger partial charge is 0.278 e. The lowest BCUT2D eigenvalue weighted by Crippen LogP contribution is -2.37. The average molecular weight is 341 g/mol. The first-order valence-corrected chi connectivity index (χ1v) is 8.62. The normalized spacial score (nSPS) is 15.6. The van der Waals surface area contributed by atoms with Gasteiger partial charge in [-0.3, -0.25) is 9.78 Å². The first kappa shape index (κ1) is 14.9. The Labute approximate surface area is 142 Å². The predicted octanol–water partition coefficient (Wildman–Crippen LogP) is 2.61. The molecule has 3 aromatic heterocycles. The summed E-state index contributed by atoms with van der Waals surface area (Å²) in [6.07, 6.45) is 6.45. The van der Waals surface area contributed by atoms with Crippen LogP contribution in [0, 0.1) is 0 Å². The van der Waals surface area contributed by atoms with Gasteiger partial charge in [-0.15, -0.1) is 11.3 Å². The summed E-state index contributed by atoms with van der Waals surface area (Å²) in [5, 5.41) is 6.00. The van der Waals surface area contributed by atoms with Crippen LogP contribution in [0.15, 0.2) is 40.6 Å². The number of hydrogen-bond donors (Lipinski definition) is 0. The Hall–Kier alpha value is -2.61. The van der Waals surface area contributed by atoms with E-state index in [1.807, 2.05) is 22.4 Å². The zero-order valence-electron chi connectivity index (χ0n) is 12.8. The number of likely N-dealkylation sites (tertiary alicyclic amines) is 1. The van der Waals surface area contributed by atoms with Gasteiger partial charge < -0.3 is 9.42 Å². The number of carbonyl (C=O) groups excluding carboxylic acids is 1. The van der Waals surface area contributed by atoms with E-state index >= 15 is 0 Å². The maximum Gasteiger partial charge on any atom is 0.278 e. The summed E-state index contributed by atoms with van der Waals surface area (Å²) in [6.45, 7) is 1.41. The highest BCUT2D eigenvalue weighted by Gasteiger charge is 2.28. The monoisotopic (exact) mass is 341 g/mol. The van der Waals surface area contributed by atoms with Crippen LogP contribution in [0.1, 0.15) is 34.3 Å². The van der Waals surface area contributed by atoms with Crippen LogP contribution < -0.4 is 0 Å². The summed E-state index contributed by atoms with van der Waals surface area (Å²) >= 11 is 1.48. The summed E-state index contributed by atoms with van der Waals surface area (Å²) in [5.74, 6) is 1.37. The maximum absolute atomic E-state index is 12.4. The summed E-state index contributed by atoms with van der Waals surface area (Å²) in [6, 6.07) is 3.77. The second-order valence-corrected chi connectivity index (χ2v) is 6.54. The largest absolute Gasteiger partial charge is 0.338 e. The molecule has 1 fully saturated rings. The van der Waals surface area contributed by atoms with E-state index in [1.165, 1.54) is 11.3 Å². The zero-order valence-corrected chi connectivity index (χ0v) is 13.6. The van der Waals surface area contributed by atoms with E-state index in [2.05, 4.69) is 20.1 Å². The number of nitrogens with zero attached hydrogens (tertiary/aromatic N) is 5. The van der Waals surface area contributed by atoms with Crippen molar-refractivity contribution in [1.29, 1.82) is 0 Å². The first-order valence-electron chi connectivity index (χ1n) is 7.74. The highest BCUT2D eigenvalue weighted by molar-refractivity contribution is 7.12. The highest BCUT2D eigenvalue weighted by atomic mass is 32.1. The van der Waals surface area contributed by atoms with Gasteiger partial charge in [0.2, 0.25) is 0 Å². The number of piperidine rings is 1. The second-order valence-electron chi connectivity index (χ2n) is 5.59. The van der Waals surface area contributed by atoms with Gasteiger partial charge in [-0.2, -0.15) is 4.98 Å². The molecule has 0 radical (unpaired) electrons. The maximum atomic E-state index is 12.4. The van der Waals surface area contributed by atoms with Crippen molar-refractivity contribution >= 4 is 17.2 Å². The Balaban J connectivity index is 1.41. The molecule has 0 N–H and O–H groups in total. The van der Waals surface area contributed by atoms with E-state index in [4.69, 9.17) is 4.52 Å². The molecule has 24 heavy (non-hydrogen) atoms. The van der Waals surface area contributed by atoms with Crippen molar-refractivity contribution in [1.82, 2.24) is 25.0 Å². The van der Waals surface area contributed by atoms with Crippen LogP contribution in [0.25, 0.3) is 11.6 Å². The lowest BCUT2D eigenvalue weighted by molar-refractivity contribution is 0.0715. The highest BCUT2D eigenvalue weighted by Crippen LogP contribution is 2.28. The van der Waals surface area contributed by atoms with Gasteiger partial charge in [0.05, 0.1) is 11.1 Å². The molecular weight excluding hydrogens is 326 g/mol. The van der Waals surface area contributed by atoms with E-state index in [-0.39, 0.29) is 11.8 Å². The van der Waals surface area contributed by atoms with Crippen molar-refractivity contribution in [3.8, 4) is 11.6 Å². The fourth-order valence-electron chi connectivity index (χ4n) is 2.81. The number of carbonyl (C=O) groups is 1. The zero-order chi connectivity index (χ0) is 16.4. The van der Waals surface area contributed by atoms with Gasteiger partial charge in [-0.1, -0.05) is 11.2 Å². The Kier molecular flexibility index (Phi) is 4.04. The van der Waals surface area contributed by atoms with Gasteiger partial charge in [0.25, 0.3) is 11.8 Å². The van der Waals surface area contributed by atoms with Crippen LogP contribution >= 0.6 is 11.3 Å². The number of aromatic nitrogens is 4. The number of thiophene rings is 1. The predicted molar refractivity (Wildman–Crippen MR) is 87.5 cm³/mol. The molecule has 122 valence electrons. The Bertz CT molecular complexity index is 810. The second kappa shape index (κ2) is 6.48. The van der Waals surface area contributed by atoms with E-state index in [0.29, 0.717) is 30.5 Å². The van der Waals surface area contributed by atoms with Gasteiger partial charge in [0.15, 0.2) is 5.82 Å². The molecule has 1 saturated heterocycles. The van der Waals surface area contributed by atoms with E-state index in [9.17, 15) is 4.79 Å². The third-order valence-corrected chi connectivity index (χ3v) is 4.96. The Morgan fingerprint density at radius 3 is 2.88 bits per heavy atom. The number of hydrogen-bond acceptors (Lipinski definition) is 7. The molecule has 3 aromatic rings. The summed E-state index contributed by atoms with van der Waals surface area (Å²) in [7, 11) is 0. The summed E-state index contributed by atoms with van der Waals surface area (Å²) in [5.41, 5.74) is 0.571. The van der Waals surface area contributed by atoms with Gasteiger partial charge in [0.1, 0.15) is 5.69 Å². The number of amides is 1. The minimum absolute atomic E-state index is 0.108. The molecule has 0 aromatic carbocycles. The Morgan fingerprint density at radius 2 is 2.17 bits per heavy atom. The molecule has 0 bridgehead atoms. The standard InChI is InChI=1S/C16H15N5O2S/c22-16(13-2-1-9-24-13)21-7-3-11(4-8-21)14-19-15(23-20-14)12-10-17-5-6-18-12/h1-2,5-6,9-11H,3-4,7-8H2. The molecule has 0 aliphatic carbocycles. The molecule has 7 nitrogen and oxygen atoms in total. The molecule has 0 spiro atoms. The van der Waals surface area contributed by atoms with Crippen LogP contribution in [0.3, 0.4) is 0 Å². The molecule has 0 atom stereocenters. The molecule has 1 aliphatic heterocycles. The average Bonchev–Trinajstić information content (AvgIpc) is 3.34. The molecule has 0 saturated carbocycles. The quantitative estimate of drug-likeness (QED) is 0.728. The lowest BCUT2D eigenvalue weighted by Gasteiger charge is -2.30. The van der Waals surface area contributed by atoms with Gasteiger partial charge in [0, 0.05) is 31.4 Å². The van der Waals surface area contributed by atoms with Crippen molar-refractivity contribution < 1.29 is 9.32 Å². The summed E-state index contributed by atoms with van der Waals surface area (Å²) < 4.78 is 5.29. The molecule has 8 heteroatoms. The van der Waals surface area contributed by atoms with E-state index < -0.39 is 0 Å². The molecular formula is C16H15N5O2S. The SMILES string of the molecule is O=C(c1cccs1)N1CCC(c2noc(-c3cnccn3)n2)CC1. The number of rotatable bonds is 3. The molecule has 4 rings (SSSR count). The van der Waals surface area contributed by atoms with Crippen molar-refractivity contribution in [2.24, 2.45) is 0 Å². The third-order valence-electron chi connectivity index (χ3n) is 4.10. The van der Waals surface area contributed by atoms with Crippen molar-refractivity contribution in [2.75, 3.05) is 13.1 Å². The van der Waals surface area contributed by atoms with Crippen LogP contribution in [0.4, 0.5) is 0 Å². The minimum atomic E-state index is 0.108. The van der Waals surface area contributed by atoms with E-state index in [1.54, 1.807) is 18.6 Å². The summed E-state index contributed by atoms with van der Waals surface area (Å²) in [4.78, 5) is 27.7. The molecule has 1 aliphatic rings. The van der Waals surface area contributed by atoms with E-state index in [0.717, 1.165) is 17.7 Å². The van der Waals surface area contributed by atoms with Crippen LogP contribution in [0.2, 0.25) is 0 Å². The van der Waals surface area contributed by atoms with Crippen molar-refractivity contribution in [3.63, 3.8) is 0 Å². The molecule has 1 amide bonds. The van der Waals surface area contributed by atoms with Crippen LogP contribution in [0.5, 0.6) is 0 Å².